The predicted octanol–water partition coefficient (Wildman–Crippen LogP) is 2.45. The molecule has 1 amide bonds. The van der Waals surface area contributed by atoms with Crippen molar-refractivity contribution >= 4 is 5.91 Å². The summed E-state index contributed by atoms with van der Waals surface area (Å²) < 4.78 is 5.44. The molecule has 0 aliphatic carbocycles. The number of amides is 1. The van der Waals surface area contributed by atoms with Gasteiger partial charge in [0.2, 0.25) is 0 Å². The van der Waals surface area contributed by atoms with Crippen molar-refractivity contribution in [2.75, 3.05) is 40.3 Å². The summed E-state index contributed by atoms with van der Waals surface area (Å²) in [6, 6.07) is 8.24. The van der Waals surface area contributed by atoms with Crippen molar-refractivity contribution in [1.82, 2.24) is 20.0 Å². The van der Waals surface area contributed by atoms with Crippen LogP contribution in [0, 0.1) is 5.92 Å². The van der Waals surface area contributed by atoms with Crippen molar-refractivity contribution in [2.45, 2.75) is 19.3 Å². The third-order valence-electron chi connectivity index (χ3n) is 5.22. The molecular weight excluding hydrogens is 328 g/mol. The molecule has 3 rings (SSSR count). The molecular formula is C20H28N4O2. The molecule has 0 spiro atoms. The van der Waals surface area contributed by atoms with Crippen molar-refractivity contribution in [3.63, 3.8) is 0 Å². The van der Waals surface area contributed by atoms with E-state index >= 15 is 0 Å². The zero-order valence-corrected chi connectivity index (χ0v) is 15.6. The lowest BCUT2D eigenvalue weighted by atomic mass is 9.95. The second-order valence-corrected chi connectivity index (χ2v) is 7.02. The van der Waals surface area contributed by atoms with E-state index in [1.165, 1.54) is 5.56 Å². The molecule has 1 N–H and O–H groups in total. The van der Waals surface area contributed by atoms with E-state index in [0.29, 0.717) is 11.5 Å². The average molecular weight is 356 g/mol. The van der Waals surface area contributed by atoms with E-state index < -0.39 is 0 Å². The Kier molecular flexibility index (Phi) is 6.28. The third kappa shape index (κ3) is 4.64. The first-order valence-corrected chi connectivity index (χ1v) is 9.26. The molecule has 1 fully saturated rings. The van der Waals surface area contributed by atoms with Gasteiger partial charge >= 0.3 is 0 Å². The molecule has 6 heteroatoms. The Hall–Kier alpha value is -2.34. The Labute approximate surface area is 155 Å². The molecule has 2 aromatic rings. The molecule has 0 atom stereocenters. The number of aromatic amines is 1. The maximum atomic E-state index is 12.3. The lowest BCUT2D eigenvalue weighted by Crippen LogP contribution is -2.40. The molecule has 1 aliphatic heterocycles. The number of methoxy groups -OCH3 is 1. The van der Waals surface area contributed by atoms with Gasteiger partial charge in [-0.1, -0.05) is 18.2 Å². The molecule has 1 aromatic heterocycles. The summed E-state index contributed by atoms with van der Waals surface area (Å²) in [5, 5.41) is 6.55. The third-order valence-corrected chi connectivity index (χ3v) is 5.22. The molecule has 1 saturated heterocycles. The van der Waals surface area contributed by atoms with Gasteiger partial charge in [0, 0.05) is 26.3 Å². The molecule has 2 heterocycles. The molecule has 140 valence electrons. The van der Waals surface area contributed by atoms with Gasteiger partial charge in [-0.15, -0.1) is 0 Å². The Morgan fingerprint density at radius 2 is 2.12 bits per heavy atom. The van der Waals surface area contributed by atoms with E-state index in [2.05, 4.69) is 27.2 Å². The summed E-state index contributed by atoms with van der Waals surface area (Å²) in [6.07, 6.45) is 6.51. The number of rotatable bonds is 7. The highest BCUT2D eigenvalue weighted by Crippen LogP contribution is 2.21. The summed E-state index contributed by atoms with van der Waals surface area (Å²) in [4.78, 5) is 16.6. The van der Waals surface area contributed by atoms with E-state index in [1.807, 2.05) is 24.1 Å². The minimum Gasteiger partial charge on any atom is -0.496 e. The number of piperidine rings is 1. The molecule has 1 aromatic carbocycles. The first-order valence-electron chi connectivity index (χ1n) is 9.26. The Balaban J connectivity index is 1.42. The molecule has 0 radical (unpaired) electrons. The van der Waals surface area contributed by atoms with Crippen LogP contribution in [0.3, 0.4) is 0 Å². The van der Waals surface area contributed by atoms with Crippen LogP contribution in [0.5, 0.6) is 5.75 Å². The van der Waals surface area contributed by atoms with Gasteiger partial charge in [-0.2, -0.15) is 5.10 Å². The van der Waals surface area contributed by atoms with Crippen LogP contribution in [0.15, 0.2) is 36.7 Å². The number of nitrogens with one attached hydrogen (secondary N) is 1. The Bertz CT molecular complexity index is 694. The van der Waals surface area contributed by atoms with Crippen LogP contribution in [0.2, 0.25) is 0 Å². The number of carbonyl (C=O) groups excluding carboxylic acids is 1. The van der Waals surface area contributed by atoms with Crippen molar-refractivity contribution in [2.24, 2.45) is 5.92 Å². The van der Waals surface area contributed by atoms with Crippen molar-refractivity contribution in [3.05, 3.63) is 47.8 Å². The lowest BCUT2D eigenvalue weighted by Gasteiger charge is -2.34. The van der Waals surface area contributed by atoms with Crippen LogP contribution in [0.25, 0.3) is 0 Å². The number of ether oxygens (including phenoxy) is 1. The van der Waals surface area contributed by atoms with Gasteiger partial charge in [-0.05, 0) is 49.9 Å². The van der Waals surface area contributed by atoms with Crippen LogP contribution >= 0.6 is 0 Å². The first-order chi connectivity index (χ1) is 12.7. The first kappa shape index (κ1) is 18.5. The number of benzene rings is 1. The van der Waals surface area contributed by atoms with E-state index in [1.54, 1.807) is 19.5 Å². The summed E-state index contributed by atoms with van der Waals surface area (Å²) in [6.45, 7) is 4.04. The van der Waals surface area contributed by atoms with Crippen molar-refractivity contribution in [3.8, 4) is 5.75 Å². The molecule has 1 aliphatic rings. The number of hydrogen-bond donors (Lipinski definition) is 1. The van der Waals surface area contributed by atoms with Gasteiger partial charge in [-0.3, -0.25) is 9.89 Å². The number of carbonyl (C=O) groups is 1. The van der Waals surface area contributed by atoms with Gasteiger partial charge in [0.25, 0.3) is 5.91 Å². The summed E-state index contributed by atoms with van der Waals surface area (Å²) in [7, 11) is 3.61. The molecule has 26 heavy (non-hydrogen) atoms. The average Bonchev–Trinajstić information content (AvgIpc) is 3.21. The van der Waals surface area contributed by atoms with Gasteiger partial charge in [0.1, 0.15) is 5.75 Å². The monoisotopic (exact) mass is 356 g/mol. The standard InChI is InChI=1S/C20H28N4O2/c1-23(20(25)18-13-21-22-14-18)15-16-7-10-24(11-8-16)12-9-17-5-3-4-6-19(17)26-2/h3-6,13-14,16H,7-12,15H2,1-2H3,(H,21,22). The normalized spacial score (nSPS) is 15.8. The van der Waals surface area contributed by atoms with Crippen molar-refractivity contribution in [1.29, 1.82) is 0 Å². The highest BCUT2D eigenvalue weighted by Gasteiger charge is 2.22. The lowest BCUT2D eigenvalue weighted by molar-refractivity contribution is 0.0740. The Morgan fingerprint density at radius 1 is 1.35 bits per heavy atom. The SMILES string of the molecule is COc1ccccc1CCN1CCC(CN(C)C(=O)c2cn[nH]c2)CC1. The smallest absolute Gasteiger partial charge is 0.256 e. The second-order valence-electron chi connectivity index (χ2n) is 7.02. The molecule has 0 unspecified atom stereocenters. The zero-order chi connectivity index (χ0) is 18.4. The van der Waals surface area contributed by atoms with Crippen molar-refractivity contribution < 1.29 is 9.53 Å². The van der Waals surface area contributed by atoms with E-state index in [4.69, 9.17) is 4.74 Å². The van der Waals surface area contributed by atoms with Gasteiger partial charge in [0.05, 0.1) is 18.9 Å². The van der Waals surface area contributed by atoms with Crippen LogP contribution in [0.4, 0.5) is 0 Å². The minimum absolute atomic E-state index is 0.0392. The van der Waals surface area contributed by atoms with E-state index in [0.717, 1.165) is 51.2 Å². The van der Waals surface area contributed by atoms with Crippen LogP contribution in [0.1, 0.15) is 28.8 Å². The predicted molar refractivity (Wildman–Crippen MR) is 101 cm³/mol. The second kappa shape index (κ2) is 8.85. The van der Waals surface area contributed by atoms with Gasteiger partial charge in [0.15, 0.2) is 0 Å². The van der Waals surface area contributed by atoms with E-state index in [-0.39, 0.29) is 5.91 Å². The maximum Gasteiger partial charge on any atom is 0.256 e. The number of H-pyrrole nitrogens is 1. The van der Waals surface area contributed by atoms with Crippen LogP contribution in [-0.2, 0) is 6.42 Å². The Morgan fingerprint density at radius 3 is 2.81 bits per heavy atom. The highest BCUT2D eigenvalue weighted by molar-refractivity contribution is 5.93. The maximum absolute atomic E-state index is 12.3. The molecule has 6 nitrogen and oxygen atoms in total. The minimum atomic E-state index is 0.0392. The number of nitrogens with zero attached hydrogens (tertiary/aromatic N) is 3. The fraction of sp³-hybridized carbons (Fsp3) is 0.500. The van der Waals surface area contributed by atoms with Gasteiger partial charge in [-0.25, -0.2) is 0 Å². The highest BCUT2D eigenvalue weighted by atomic mass is 16.5. The fourth-order valence-corrected chi connectivity index (χ4v) is 3.64. The largest absolute Gasteiger partial charge is 0.496 e. The number of aromatic nitrogens is 2. The quantitative estimate of drug-likeness (QED) is 0.828. The number of hydrogen-bond acceptors (Lipinski definition) is 4. The summed E-state index contributed by atoms with van der Waals surface area (Å²) in [5.41, 5.74) is 1.89. The zero-order valence-electron chi connectivity index (χ0n) is 15.6. The van der Waals surface area contributed by atoms with E-state index in [9.17, 15) is 4.79 Å². The molecule has 0 saturated carbocycles. The summed E-state index contributed by atoms with van der Waals surface area (Å²) in [5.74, 6) is 1.58. The van der Waals surface area contributed by atoms with Crippen LogP contribution < -0.4 is 4.74 Å². The fourth-order valence-electron chi connectivity index (χ4n) is 3.64. The summed E-state index contributed by atoms with van der Waals surface area (Å²) >= 11 is 0. The van der Waals surface area contributed by atoms with Crippen LogP contribution in [-0.4, -0.2) is 66.2 Å². The topological polar surface area (TPSA) is 61.5 Å². The number of likely N-dealkylation sites (tertiary alicyclic amines) is 1. The molecule has 0 bridgehead atoms. The van der Waals surface area contributed by atoms with Gasteiger partial charge < -0.3 is 14.5 Å². The number of para-hydroxylation sites is 1.